The van der Waals surface area contributed by atoms with Gasteiger partial charge in [-0.15, -0.1) is 0 Å². The third-order valence-electron chi connectivity index (χ3n) is 0.406. The van der Waals surface area contributed by atoms with Gasteiger partial charge in [0.05, 0.1) is 6.33 Å². The molecular formula is C3H4Cl2N2Sn. The van der Waals surface area contributed by atoms with Gasteiger partial charge in [-0.05, 0) is 0 Å². The van der Waals surface area contributed by atoms with Crippen molar-refractivity contribution in [3.8, 4) is 0 Å². The summed E-state index contributed by atoms with van der Waals surface area (Å²) in [5, 5.41) is 0. The van der Waals surface area contributed by atoms with Gasteiger partial charge in [-0.2, -0.15) is 0 Å². The molecule has 1 aromatic heterocycles. The largest absolute Gasteiger partial charge is 2.00 e. The van der Waals surface area contributed by atoms with Crippen LogP contribution < -0.4 is 24.8 Å². The molecule has 0 saturated heterocycles. The van der Waals surface area contributed by atoms with Crippen LogP contribution in [0.1, 0.15) is 0 Å². The van der Waals surface area contributed by atoms with Crippen molar-refractivity contribution in [2.45, 2.75) is 0 Å². The Morgan fingerprint density at radius 2 is 1.88 bits per heavy atom. The number of hydrogen-bond acceptors (Lipinski definition) is 1. The molecule has 1 N–H and O–H groups in total. The molecule has 0 atom stereocenters. The summed E-state index contributed by atoms with van der Waals surface area (Å²) in [6, 6.07) is 0. The molecular weight excluding hydrogens is 254 g/mol. The maximum absolute atomic E-state index is 3.67. The van der Waals surface area contributed by atoms with Gasteiger partial charge in [0, 0.05) is 12.4 Å². The van der Waals surface area contributed by atoms with E-state index < -0.39 is 0 Å². The number of hydrogen-bond donors (Lipinski definition) is 1. The van der Waals surface area contributed by atoms with Crippen molar-refractivity contribution in [1.29, 1.82) is 0 Å². The summed E-state index contributed by atoms with van der Waals surface area (Å²) in [5.74, 6) is 0. The number of aromatic nitrogens is 2. The maximum Gasteiger partial charge on any atom is 2.00 e. The molecule has 2 nitrogen and oxygen atoms in total. The number of imidazole rings is 1. The van der Waals surface area contributed by atoms with Crippen LogP contribution in [-0.4, -0.2) is 33.9 Å². The SMILES string of the molecule is [Cl-].[Cl-].[Sn+2].c1c[nH]cn1. The molecule has 0 aliphatic heterocycles. The van der Waals surface area contributed by atoms with Crippen LogP contribution in [0.2, 0.25) is 0 Å². The Morgan fingerprint density at radius 1 is 1.25 bits per heavy atom. The molecule has 1 aromatic rings. The maximum atomic E-state index is 3.67. The van der Waals surface area contributed by atoms with Crippen molar-refractivity contribution in [2.24, 2.45) is 0 Å². The molecule has 0 aromatic carbocycles. The van der Waals surface area contributed by atoms with Crippen LogP contribution in [-0.2, 0) is 0 Å². The van der Waals surface area contributed by atoms with Gasteiger partial charge in [0.25, 0.3) is 0 Å². The van der Waals surface area contributed by atoms with E-state index in [0.717, 1.165) is 0 Å². The second-order valence-electron chi connectivity index (χ2n) is 0.761. The van der Waals surface area contributed by atoms with E-state index in [4.69, 9.17) is 0 Å². The Morgan fingerprint density at radius 3 is 2.00 bits per heavy atom. The number of rotatable bonds is 0. The first-order valence-corrected chi connectivity index (χ1v) is 1.43. The molecule has 0 spiro atoms. The third kappa shape index (κ3) is 6.59. The van der Waals surface area contributed by atoms with Gasteiger partial charge in [-0.25, -0.2) is 4.98 Å². The number of halogens is 2. The van der Waals surface area contributed by atoms with Crippen molar-refractivity contribution in [3.63, 3.8) is 0 Å². The zero-order valence-corrected chi connectivity index (χ0v) is 8.30. The summed E-state index contributed by atoms with van der Waals surface area (Å²) in [4.78, 5) is 6.42. The van der Waals surface area contributed by atoms with Crippen molar-refractivity contribution >= 4 is 23.9 Å². The molecule has 0 saturated carbocycles. The summed E-state index contributed by atoms with van der Waals surface area (Å²) in [6.45, 7) is 0. The minimum absolute atomic E-state index is 0. The van der Waals surface area contributed by atoms with Crippen molar-refractivity contribution < 1.29 is 24.8 Å². The fraction of sp³-hybridized carbons (Fsp3) is 0. The molecule has 1 rings (SSSR count). The van der Waals surface area contributed by atoms with Crippen LogP contribution in [0.3, 0.4) is 0 Å². The quantitative estimate of drug-likeness (QED) is 0.461. The first-order chi connectivity index (χ1) is 2.50. The topological polar surface area (TPSA) is 28.7 Å². The zero-order valence-electron chi connectivity index (χ0n) is 3.94. The Hall–Kier alpha value is 0.589. The van der Waals surface area contributed by atoms with Crippen molar-refractivity contribution in [3.05, 3.63) is 18.7 Å². The van der Waals surface area contributed by atoms with Gasteiger partial charge in [-0.3, -0.25) is 0 Å². The van der Waals surface area contributed by atoms with Gasteiger partial charge in [0.15, 0.2) is 0 Å². The zero-order chi connectivity index (χ0) is 3.54. The van der Waals surface area contributed by atoms with Gasteiger partial charge in [-0.1, -0.05) is 0 Å². The van der Waals surface area contributed by atoms with Gasteiger partial charge in [0.1, 0.15) is 0 Å². The third-order valence-corrected chi connectivity index (χ3v) is 0.406. The fourth-order valence-corrected chi connectivity index (χ4v) is 0.215. The van der Waals surface area contributed by atoms with E-state index in [0.29, 0.717) is 0 Å². The molecule has 5 heteroatoms. The first-order valence-electron chi connectivity index (χ1n) is 1.43. The Bertz CT molecular complexity index is 71.8. The average molecular weight is 258 g/mol. The van der Waals surface area contributed by atoms with E-state index in [9.17, 15) is 0 Å². The monoisotopic (exact) mass is 258 g/mol. The molecule has 2 radical (unpaired) electrons. The van der Waals surface area contributed by atoms with Crippen LogP contribution in [0.5, 0.6) is 0 Å². The van der Waals surface area contributed by atoms with Crippen LogP contribution in [0.25, 0.3) is 0 Å². The summed E-state index contributed by atoms with van der Waals surface area (Å²) in [7, 11) is 0. The molecule has 44 valence electrons. The van der Waals surface area contributed by atoms with Crippen LogP contribution >= 0.6 is 0 Å². The van der Waals surface area contributed by atoms with E-state index in [2.05, 4.69) is 9.97 Å². The molecule has 0 amide bonds. The van der Waals surface area contributed by atoms with Crippen molar-refractivity contribution in [2.75, 3.05) is 0 Å². The molecule has 0 fully saturated rings. The summed E-state index contributed by atoms with van der Waals surface area (Å²) >= 11 is 0. The van der Waals surface area contributed by atoms with Gasteiger partial charge in [0.2, 0.25) is 0 Å². The molecule has 0 unspecified atom stereocenters. The predicted octanol–water partition coefficient (Wildman–Crippen LogP) is -5.96. The van der Waals surface area contributed by atoms with E-state index in [1.54, 1.807) is 18.7 Å². The second-order valence-corrected chi connectivity index (χ2v) is 0.761. The molecule has 1 heterocycles. The summed E-state index contributed by atoms with van der Waals surface area (Å²) in [5.41, 5.74) is 0. The molecule has 0 bridgehead atoms. The normalized spacial score (nSPS) is 5.00. The van der Waals surface area contributed by atoms with Gasteiger partial charge < -0.3 is 29.8 Å². The molecule has 0 aliphatic rings. The van der Waals surface area contributed by atoms with E-state index in [1.807, 2.05) is 0 Å². The van der Waals surface area contributed by atoms with E-state index >= 15 is 0 Å². The van der Waals surface area contributed by atoms with Crippen LogP contribution in [0.4, 0.5) is 0 Å². The molecule has 0 aliphatic carbocycles. The van der Waals surface area contributed by atoms with Crippen molar-refractivity contribution in [1.82, 2.24) is 9.97 Å². The minimum Gasteiger partial charge on any atom is -1.00 e. The predicted molar refractivity (Wildman–Crippen MR) is 24.3 cm³/mol. The smallest absolute Gasteiger partial charge is 1.00 e. The molecule has 8 heavy (non-hydrogen) atoms. The number of nitrogens with zero attached hydrogens (tertiary/aromatic N) is 1. The average Bonchev–Trinajstić information content (AvgIpc) is 1.76. The number of aromatic amines is 1. The summed E-state index contributed by atoms with van der Waals surface area (Å²) in [6.07, 6.45) is 5.08. The fourth-order valence-electron chi connectivity index (χ4n) is 0.215. The van der Waals surface area contributed by atoms with Crippen LogP contribution in [0, 0.1) is 0 Å². The Balaban J connectivity index is -0.0000000833. The van der Waals surface area contributed by atoms with Gasteiger partial charge >= 0.3 is 23.9 Å². The number of nitrogens with one attached hydrogen (secondary N) is 1. The first kappa shape index (κ1) is 15.8. The standard InChI is InChI=1S/C3H4N2.2ClH.Sn/c1-2-5-3-4-1;;;/h1-3H,(H,4,5);2*1H;/q;;;+2/p-2. The number of H-pyrrole nitrogens is 1. The van der Waals surface area contributed by atoms with E-state index in [1.165, 1.54) is 0 Å². The van der Waals surface area contributed by atoms with E-state index in [-0.39, 0.29) is 48.7 Å². The Labute approximate surface area is 77.2 Å². The summed E-state index contributed by atoms with van der Waals surface area (Å²) < 4.78 is 0. The minimum atomic E-state index is 0. The Kier molecular flexibility index (Phi) is 20.9. The van der Waals surface area contributed by atoms with Crippen LogP contribution in [0.15, 0.2) is 18.7 Å². The second kappa shape index (κ2) is 10.5.